The first-order valence-corrected chi connectivity index (χ1v) is 5.73. The average Bonchev–Trinajstić information content (AvgIpc) is 3.12. The largest absolute Gasteiger partial charge is 0.352 e. The van der Waals surface area contributed by atoms with Crippen LogP contribution in [0.2, 0.25) is 0 Å². The molecule has 1 amide bonds. The van der Waals surface area contributed by atoms with Crippen LogP contribution in [0.15, 0.2) is 24.5 Å². The Hall–Kier alpha value is -1.42. The fourth-order valence-corrected chi connectivity index (χ4v) is 1.47. The summed E-state index contributed by atoms with van der Waals surface area (Å²) in [6, 6.07) is 4.50. The molecule has 4 heteroatoms. The molecule has 86 valence electrons. The molecular formula is C12H17N3O. The molecule has 0 aliphatic heterocycles. The molecule has 1 aromatic rings. The van der Waals surface area contributed by atoms with Gasteiger partial charge in [-0.15, -0.1) is 0 Å². The number of rotatable bonds is 6. The third-order valence-corrected chi connectivity index (χ3v) is 2.57. The van der Waals surface area contributed by atoms with E-state index in [1.54, 1.807) is 12.4 Å². The summed E-state index contributed by atoms with van der Waals surface area (Å²) in [6.07, 6.45) is 6.57. The van der Waals surface area contributed by atoms with Crippen molar-refractivity contribution >= 4 is 5.91 Å². The number of aromatic nitrogens is 1. The van der Waals surface area contributed by atoms with E-state index in [1.807, 2.05) is 12.1 Å². The highest BCUT2D eigenvalue weighted by atomic mass is 16.1. The molecule has 0 bridgehead atoms. The van der Waals surface area contributed by atoms with Crippen molar-refractivity contribution < 1.29 is 4.79 Å². The van der Waals surface area contributed by atoms with Crippen molar-refractivity contribution in [2.75, 3.05) is 6.54 Å². The third kappa shape index (κ3) is 3.98. The van der Waals surface area contributed by atoms with Gasteiger partial charge in [-0.25, -0.2) is 0 Å². The SMILES string of the molecule is O=C(CCNC1CC1)NCc1cccnc1. The van der Waals surface area contributed by atoms with Gasteiger partial charge < -0.3 is 10.6 Å². The number of nitrogens with zero attached hydrogens (tertiary/aromatic N) is 1. The van der Waals surface area contributed by atoms with Crippen LogP contribution >= 0.6 is 0 Å². The van der Waals surface area contributed by atoms with E-state index >= 15 is 0 Å². The number of hydrogen-bond donors (Lipinski definition) is 2. The molecule has 2 N–H and O–H groups in total. The molecule has 1 heterocycles. The smallest absolute Gasteiger partial charge is 0.221 e. The summed E-state index contributed by atoms with van der Waals surface area (Å²) >= 11 is 0. The quantitative estimate of drug-likeness (QED) is 0.745. The van der Waals surface area contributed by atoms with E-state index in [4.69, 9.17) is 0 Å². The standard InChI is InChI=1S/C12H17N3O/c16-12(5-7-14-11-3-4-11)15-9-10-2-1-6-13-8-10/h1-2,6,8,11,14H,3-5,7,9H2,(H,15,16). The zero-order valence-corrected chi connectivity index (χ0v) is 9.28. The van der Waals surface area contributed by atoms with Gasteiger partial charge in [-0.05, 0) is 24.5 Å². The van der Waals surface area contributed by atoms with Gasteiger partial charge in [0, 0.05) is 37.9 Å². The lowest BCUT2D eigenvalue weighted by Crippen LogP contribution is -2.28. The van der Waals surface area contributed by atoms with Crippen LogP contribution in [-0.4, -0.2) is 23.5 Å². The lowest BCUT2D eigenvalue weighted by molar-refractivity contribution is -0.121. The van der Waals surface area contributed by atoms with Crippen molar-refractivity contribution in [3.8, 4) is 0 Å². The molecule has 1 fully saturated rings. The van der Waals surface area contributed by atoms with E-state index in [0.717, 1.165) is 12.1 Å². The first-order chi connectivity index (χ1) is 7.84. The molecule has 0 spiro atoms. The van der Waals surface area contributed by atoms with Crippen molar-refractivity contribution in [2.45, 2.75) is 31.8 Å². The minimum atomic E-state index is 0.0944. The molecule has 1 aromatic heterocycles. The number of nitrogens with one attached hydrogen (secondary N) is 2. The summed E-state index contributed by atoms with van der Waals surface area (Å²) in [4.78, 5) is 15.4. The number of carbonyl (C=O) groups is 1. The van der Waals surface area contributed by atoms with Crippen molar-refractivity contribution in [3.63, 3.8) is 0 Å². The van der Waals surface area contributed by atoms with Gasteiger partial charge in [0.15, 0.2) is 0 Å². The second kappa shape index (κ2) is 5.61. The molecule has 1 aliphatic carbocycles. The number of hydrogen-bond acceptors (Lipinski definition) is 3. The Morgan fingerprint density at radius 1 is 1.50 bits per heavy atom. The molecule has 4 nitrogen and oxygen atoms in total. The Morgan fingerprint density at radius 3 is 3.06 bits per heavy atom. The first kappa shape index (κ1) is 11.1. The highest BCUT2D eigenvalue weighted by molar-refractivity contribution is 5.76. The highest BCUT2D eigenvalue weighted by Gasteiger charge is 2.19. The minimum absolute atomic E-state index is 0.0944. The van der Waals surface area contributed by atoms with Crippen molar-refractivity contribution in [1.82, 2.24) is 15.6 Å². The van der Waals surface area contributed by atoms with E-state index < -0.39 is 0 Å². The monoisotopic (exact) mass is 219 g/mol. The molecule has 16 heavy (non-hydrogen) atoms. The van der Waals surface area contributed by atoms with Crippen molar-refractivity contribution in [2.24, 2.45) is 0 Å². The summed E-state index contributed by atoms with van der Waals surface area (Å²) in [5.74, 6) is 0.0944. The van der Waals surface area contributed by atoms with Crippen LogP contribution in [-0.2, 0) is 11.3 Å². The van der Waals surface area contributed by atoms with Gasteiger partial charge in [-0.3, -0.25) is 9.78 Å². The molecule has 1 aliphatic rings. The van der Waals surface area contributed by atoms with Gasteiger partial charge in [-0.1, -0.05) is 6.07 Å². The second-order valence-corrected chi connectivity index (χ2v) is 4.12. The van der Waals surface area contributed by atoms with Crippen LogP contribution < -0.4 is 10.6 Å². The summed E-state index contributed by atoms with van der Waals surface area (Å²) < 4.78 is 0. The van der Waals surface area contributed by atoms with Crippen molar-refractivity contribution in [3.05, 3.63) is 30.1 Å². The Kier molecular flexibility index (Phi) is 3.88. The fraction of sp³-hybridized carbons (Fsp3) is 0.500. The molecule has 0 radical (unpaired) electrons. The highest BCUT2D eigenvalue weighted by Crippen LogP contribution is 2.18. The van der Waals surface area contributed by atoms with E-state index in [9.17, 15) is 4.79 Å². The van der Waals surface area contributed by atoms with Crippen LogP contribution in [0.3, 0.4) is 0 Å². The fourth-order valence-electron chi connectivity index (χ4n) is 1.47. The molecule has 2 rings (SSSR count). The average molecular weight is 219 g/mol. The zero-order chi connectivity index (χ0) is 11.2. The predicted molar refractivity (Wildman–Crippen MR) is 61.7 cm³/mol. The van der Waals surface area contributed by atoms with Gasteiger partial charge in [-0.2, -0.15) is 0 Å². The van der Waals surface area contributed by atoms with Gasteiger partial charge in [0.25, 0.3) is 0 Å². The number of carbonyl (C=O) groups excluding carboxylic acids is 1. The minimum Gasteiger partial charge on any atom is -0.352 e. The number of amides is 1. The summed E-state index contributed by atoms with van der Waals surface area (Å²) in [5.41, 5.74) is 1.03. The van der Waals surface area contributed by atoms with E-state index in [2.05, 4.69) is 15.6 Å². The van der Waals surface area contributed by atoms with E-state index in [1.165, 1.54) is 12.8 Å². The predicted octanol–water partition coefficient (Wildman–Crippen LogP) is 0.840. The Balaban J connectivity index is 1.59. The Bertz CT molecular complexity index is 335. The number of pyridine rings is 1. The van der Waals surface area contributed by atoms with Crippen LogP contribution in [0.5, 0.6) is 0 Å². The Labute approximate surface area is 95.5 Å². The lowest BCUT2D eigenvalue weighted by Gasteiger charge is -2.05. The van der Waals surface area contributed by atoms with E-state index in [0.29, 0.717) is 19.0 Å². The van der Waals surface area contributed by atoms with Crippen LogP contribution in [0.4, 0.5) is 0 Å². The zero-order valence-electron chi connectivity index (χ0n) is 9.28. The first-order valence-electron chi connectivity index (χ1n) is 5.73. The summed E-state index contributed by atoms with van der Waals surface area (Å²) in [6.45, 7) is 1.35. The normalized spacial score (nSPS) is 14.8. The lowest BCUT2D eigenvalue weighted by atomic mass is 10.3. The van der Waals surface area contributed by atoms with Gasteiger partial charge in [0.05, 0.1) is 0 Å². The topological polar surface area (TPSA) is 54.0 Å². The van der Waals surface area contributed by atoms with E-state index in [-0.39, 0.29) is 5.91 Å². The summed E-state index contributed by atoms with van der Waals surface area (Å²) in [7, 11) is 0. The third-order valence-electron chi connectivity index (χ3n) is 2.57. The molecule has 1 saturated carbocycles. The van der Waals surface area contributed by atoms with Crippen LogP contribution in [0, 0.1) is 0 Å². The van der Waals surface area contributed by atoms with Crippen LogP contribution in [0.25, 0.3) is 0 Å². The molecule has 0 aromatic carbocycles. The molecular weight excluding hydrogens is 202 g/mol. The maximum Gasteiger partial charge on any atom is 0.221 e. The van der Waals surface area contributed by atoms with Crippen LogP contribution in [0.1, 0.15) is 24.8 Å². The second-order valence-electron chi connectivity index (χ2n) is 4.12. The van der Waals surface area contributed by atoms with Gasteiger partial charge in [0.2, 0.25) is 5.91 Å². The Morgan fingerprint density at radius 2 is 2.38 bits per heavy atom. The molecule has 0 atom stereocenters. The summed E-state index contributed by atoms with van der Waals surface area (Å²) in [5, 5.41) is 6.19. The maximum absolute atomic E-state index is 11.4. The van der Waals surface area contributed by atoms with Crippen molar-refractivity contribution in [1.29, 1.82) is 0 Å². The molecule has 0 saturated heterocycles. The van der Waals surface area contributed by atoms with Gasteiger partial charge >= 0.3 is 0 Å². The maximum atomic E-state index is 11.4. The molecule has 0 unspecified atom stereocenters. The van der Waals surface area contributed by atoms with Gasteiger partial charge in [0.1, 0.15) is 0 Å².